The largest absolute Gasteiger partial charge is 0.356 e. The molecule has 1 aliphatic rings. The third-order valence-corrected chi connectivity index (χ3v) is 5.40. The summed E-state index contributed by atoms with van der Waals surface area (Å²) in [5.41, 5.74) is 0. The average molecular weight is 368 g/mol. The number of rotatable bonds is 11. The van der Waals surface area contributed by atoms with Crippen molar-refractivity contribution in [3.8, 4) is 0 Å². The molecule has 0 aromatic carbocycles. The molecule has 1 heterocycles. The second kappa shape index (κ2) is 13.4. The molecule has 0 aromatic heterocycles. The Kier molecular flexibility index (Phi) is 11.9. The van der Waals surface area contributed by atoms with Crippen LogP contribution >= 0.6 is 0 Å². The van der Waals surface area contributed by atoms with Crippen molar-refractivity contribution in [2.24, 2.45) is 16.8 Å². The van der Waals surface area contributed by atoms with Gasteiger partial charge in [0.2, 0.25) is 0 Å². The van der Waals surface area contributed by atoms with Crippen LogP contribution in [-0.2, 0) is 0 Å². The van der Waals surface area contributed by atoms with E-state index >= 15 is 0 Å². The van der Waals surface area contributed by atoms with E-state index in [2.05, 4.69) is 60.0 Å². The molecule has 0 aliphatic carbocycles. The van der Waals surface area contributed by atoms with Crippen LogP contribution in [0.5, 0.6) is 0 Å². The number of likely N-dealkylation sites (tertiary alicyclic amines) is 1. The number of aliphatic imine (C=N–C) groups is 1. The maximum Gasteiger partial charge on any atom is 0.191 e. The van der Waals surface area contributed by atoms with Gasteiger partial charge >= 0.3 is 0 Å². The highest BCUT2D eigenvalue weighted by Crippen LogP contribution is 2.16. The van der Waals surface area contributed by atoms with E-state index in [0.29, 0.717) is 6.04 Å². The zero-order valence-corrected chi connectivity index (χ0v) is 18.4. The Balaban J connectivity index is 2.27. The van der Waals surface area contributed by atoms with Gasteiger partial charge in [0.15, 0.2) is 5.96 Å². The van der Waals surface area contributed by atoms with Gasteiger partial charge in [-0.25, -0.2) is 0 Å². The van der Waals surface area contributed by atoms with Gasteiger partial charge < -0.3 is 20.4 Å². The predicted molar refractivity (Wildman–Crippen MR) is 115 cm³/mol. The highest BCUT2D eigenvalue weighted by atomic mass is 15.2. The summed E-state index contributed by atoms with van der Waals surface area (Å²) >= 11 is 0. The third-order valence-electron chi connectivity index (χ3n) is 5.40. The van der Waals surface area contributed by atoms with Crippen molar-refractivity contribution in [2.45, 2.75) is 66.3 Å². The van der Waals surface area contributed by atoms with E-state index in [0.717, 1.165) is 37.4 Å². The van der Waals surface area contributed by atoms with Crippen LogP contribution in [0, 0.1) is 11.8 Å². The molecule has 1 rings (SSSR count). The minimum atomic E-state index is 0.459. The highest BCUT2D eigenvalue weighted by molar-refractivity contribution is 5.79. The number of piperidine rings is 1. The van der Waals surface area contributed by atoms with Gasteiger partial charge in [0, 0.05) is 32.7 Å². The van der Waals surface area contributed by atoms with Crippen LogP contribution < -0.4 is 10.6 Å². The molecular weight excluding hydrogens is 322 g/mol. The summed E-state index contributed by atoms with van der Waals surface area (Å²) in [6.45, 7) is 19.6. The van der Waals surface area contributed by atoms with Gasteiger partial charge in [0.1, 0.15) is 0 Å². The molecule has 154 valence electrons. The molecule has 0 radical (unpaired) electrons. The molecular formula is C21H45N5. The quantitative estimate of drug-likeness (QED) is 0.435. The van der Waals surface area contributed by atoms with Crippen molar-refractivity contribution in [3.63, 3.8) is 0 Å². The predicted octanol–water partition coefficient (Wildman–Crippen LogP) is 3.03. The monoisotopic (exact) mass is 367 g/mol. The van der Waals surface area contributed by atoms with Gasteiger partial charge in [-0.05, 0) is 70.6 Å². The minimum Gasteiger partial charge on any atom is -0.356 e. The number of hydrogen-bond donors (Lipinski definition) is 2. The fourth-order valence-electron chi connectivity index (χ4n) is 3.90. The Morgan fingerprint density at radius 2 is 1.96 bits per heavy atom. The molecule has 0 bridgehead atoms. The van der Waals surface area contributed by atoms with E-state index < -0.39 is 0 Å². The zero-order valence-electron chi connectivity index (χ0n) is 18.4. The standard InChI is InChI=1S/C21H45N5/c1-7-25(8-2)13-9-11-19(5)24-21(22-6)23-15-20-12-10-14-26(17-20)16-18(3)4/h18-20H,7-17H2,1-6H3,(H2,22,23,24). The van der Waals surface area contributed by atoms with Gasteiger partial charge in [-0.1, -0.05) is 27.7 Å². The Morgan fingerprint density at radius 3 is 2.58 bits per heavy atom. The Morgan fingerprint density at radius 1 is 1.23 bits per heavy atom. The first-order valence-corrected chi connectivity index (χ1v) is 10.9. The summed E-state index contributed by atoms with van der Waals surface area (Å²) in [4.78, 5) is 9.55. The smallest absolute Gasteiger partial charge is 0.191 e. The SMILES string of the molecule is CCN(CC)CCCC(C)NC(=NC)NCC1CCCN(CC(C)C)C1. The lowest BCUT2D eigenvalue weighted by molar-refractivity contribution is 0.159. The van der Waals surface area contributed by atoms with E-state index in [1.54, 1.807) is 0 Å². The van der Waals surface area contributed by atoms with Crippen LogP contribution in [-0.4, -0.2) is 74.7 Å². The second-order valence-corrected chi connectivity index (χ2v) is 8.33. The second-order valence-electron chi connectivity index (χ2n) is 8.33. The van der Waals surface area contributed by atoms with Crippen molar-refractivity contribution in [1.82, 2.24) is 20.4 Å². The van der Waals surface area contributed by atoms with E-state index in [4.69, 9.17) is 0 Å². The van der Waals surface area contributed by atoms with Crippen molar-refractivity contribution in [3.05, 3.63) is 0 Å². The molecule has 1 saturated heterocycles. The molecule has 0 amide bonds. The van der Waals surface area contributed by atoms with Gasteiger partial charge in [0.25, 0.3) is 0 Å². The first-order chi connectivity index (χ1) is 12.5. The van der Waals surface area contributed by atoms with Crippen LogP contribution in [0.3, 0.4) is 0 Å². The molecule has 0 saturated carbocycles. The lowest BCUT2D eigenvalue weighted by atomic mass is 9.97. The lowest BCUT2D eigenvalue weighted by Gasteiger charge is -2.34. The topological polar surface area (TPSA) is 42.9 Å². The molecule has 2 N–H and O–H groups in total. The zero-order chi connectivity index (χ0) is 19.4. The van der Waals surface area contributed by atoms with Crippen LogP contribution in [0.2, 0.25) is 0 Å². The summed E-state index contributed by atoms with van der Waals surface area (Å²) in [6, 6.07) is 0.459. The lowest BCUT2D eigenvalue weighted by Crippen LogP contribution is -2.47. The Hall–Kier alpha value is -0.810. The van der Waals surface area contributed by atoms with Gasteiger partial charge in [-0.15, -0.1) is 0 Å². The molecule has 2 unspecified atom stereocenters. The molecule has 0 spiro atoms. The Bertz CT molecular complexity index is 379. The van der Waals surface area contributed by atoms with Gasteiger partial charge in [-0.2, -0.15) is 0 Å². The first-order valence-electron chi connectivity index (χ1n) is 10.9. The summed E-state index contributed by atoms with van der Waals surface area (Å²) in [7, 11) is 1.88. The molecule has 0 aromatic rings. The van der Waals surface area contributed by atoms with Gasteiger partial charge in [0.05, 0.1) is 0 Å². The highest BCUT2D eigenvalue weighted by Gasteiger charge is 2.20. The molecule has 2 atom stereocenters. The van der Waals surface area contributed by atoms with Gasteiger partial charge in [-0.3, -0.25) is 4.99 Å². The van der Waals surface area contributed by atoms with E-state index in [1.165, 1.54) is 51.9 Å². The summed E-state index contributed by atoms with van der Waals surface area (Å²) in [5.74, 6) is 2.45. The number of guanidine groups is 1. The summed E-state index contributed by atoms with van der Waals surface area (Å²) < 4.78 is 0. The van der Waals surface area contributed by atoms with Crippen molar-refractivity contribution < 1.29 is 0 Å². The maximum absolute atomic E-state index is 4.43. The normalized spacial score (nSPS) is 20.6. The van der Waals surface area contributed by atoms with Crippen LogP contribution in [0.1, 0.15) is 60.3 Å². The third kappa shape index (κ3) is 9.77. The van der Waals surface area contributed by atoms with Crippen LogP contribution in [0.4, 0.5) is 0 Å². The minimum absolute atomic E-state index is 0.459. The summed E-state index contributed by atoms with van der Waals surface area (Å²) in [5, 5.41) is 7.13. The fraction of sp³-hybridized carbons (Fsp3) is 0.952. The Labute approximate surface area is 163 Å². The van der Waals surface area contributed by atoms with E-state index in [1.807, 2.05) is 7.05 Å². The van der Waals surface area contributed by atoms with E-state index in [9.17, 15) is 0 Å². The average Bonchev–Trinajstić information content (AvgIpc) is 2.62. The molecule has 5 heteroatoms. The molecule has 5 nitrogen and oxygen atoms in total. The van der Waals surface area contributed by atoms with Crippen LogP contribution in [0.25, 0.3) is 0 Å². The summed E-state index contributed by atoms with van der Waals surface area (Å²) in [6.07, 6.45) is 5.08. The van der Waals surface area contributed by atoms with Crippen molar-refractivity contribution in [2.75, 3.05) is 52.9 Å². The number of nitrogens with one attached hydrogen (secondary N) is 2. The van der Waals surface area contributed by atoms with Crippen molar-refractivity contribution >= 4 is 5.96 Å². The number of hydrogen-bond acceptors (Lipinski definition) is 3. The van der Waals surface area contributed by atoms with Crippen molar-refractivity contribution in [1.29, 1.82) is 0 Å². The molecule has 26 heavy (non-hydrogen) atoms. The number of nitrogens with zero attached hydrogens (tertiary/aromatic N) is 3. The first kappa shape index (κ1) is 23.2. The molecule has 1 fully saturated rings. The fourth-order valence-corrected chi connectivity index (χ4v) is 3.90. The molecule has 1 aliphatic heterocycles. The van der Waals surface area contributed by atoms with Crippen LogP contribution in [0.15, 0.2) is 4.99 Å². The van der Waals surface area contributed by atoms with E-state index in [-0.39, 0.29) is 0 Å². The maximum atomic E-state index is 4.43.